The molecule has 13 heteroatoms. The van der Waals surface area contributed by atoms with Crippen LogP contribution in [-0.2, 0) is 46.0 Å². The number of carbonyl (C=O) groups excluding carboxylic acids is 3. The highest BCUT2D eigenvalue weighted by Gasteiger charge is 2.80. The molecule has 5 aliphatic heterocycles. The zero-order valence-electron chi connectivity index (χ0n) is 35.0. The Morgan fingerprint density at radius 2 is 1.80 bits per heavy atom. The zero-order chi connectivity index (χ0) is 41.8. The van der Waals surface area contributed by atoms with Crippen molar-refractivity contribution < 1.29 is 38.4 Å². The Morgan fingerprint density at radius 1 is 1.02 bits per heavy atom. The molecular formula is C46H55IN4O8. The van der Waals surface area contributed by atoms with Crippen LogP contribution in [0.4, 0.5) is 5.69 Å². The van der Waals surface area contributed by atoms with Crippen LogP contribution in [0.15, 0.2) is 54.1 Å². The third kappa shape index (κ3) is 5.25. The average Bonchev–Trinajstić information content (AvgIpc) is 3.88. The van der Waals surface area contributed by atoms with Crippen molar-refractivity contribution in [2.75, 3.05) is 66.1 Å². The highest BCUT2D eigenvalue weighted by atomic mass is 127. The molecule has 1 saturated carbocycles. The molecule has 12 nitrogen and oxygen atoms in total. The lowest BCUT2D eigenvalue weighted by atomic mass is 9.44. The summed E-state index contributed by atoms with van der Waals surface area (Å²) in [5, 5.41) is 12.9. The number of hydrogen-bond acceptors (Lipinski definition) is 11. The fraction of sp³-hybridized carbons (Fsp3) is 0.543. The Kier molecular flexibility index (Phi) is 9.84. The van der Waals surface area contributed by atoms with E-state index in [9.17, 15) is 14.7 Å². The topological polar surface area (TPSA) is 134 Å². The molecule has 9 atom stereocenters. The lowest BCUT2D eigenvalue weighted by Gasteiger charge is -2.64. The highest BCUT2D eigenvalue weighted by Crippen LogP contribution is 2.70. The van der Waals surface area contributed by atoms with Crippen LogP contribution in [0.1, 0.15) is 68.8 Å². The van der Waals surface area contributed by atoms with Crippen LogP contribution in [0.5, 0.6) is 5.75 Å². The van der Waals surface area contributed by atoms with E-state index < -0.39 is 52.4 Å². The number of benzene rings is 2. The molecule has 0 amide bonds. The van der Waals surface area contributed by atoms with Crippen LogP contribution in [0.2, 0.25) is 0 Å². The maximum atomic E-state index is 15.3. The Hall–Kier alpha value is -3.92. The van der Waals surface area contributed by atoms with Crippen molar-refractivity contribution in [1.29, 1.82) is 0 Å². The number of nitrogens with zero attached hydrogens (tertiary/aromatic N) is 3. The van der Waals surface area contributed by atoms with E-state index in [1.165, 1.54) is 26.7 Å². The lowest BCUT2D eigenvalue weighted by molar-refractivity contribution is -0.213. The maximum Gasteiger partial charge on any atom is 0.322 e. The third-order valence-corrected chi connectivity index (χ3v) is 15.9. The highest BCUT2D eigenvalue weighted by molar-refractivity contribution is 14.1. The second-order valence-electron chi connectivity index (χ2n) is 17.7. The van der Waals surface area contributed by atoms with Crippen LogP contribution in [0, 0.1) is 20.3 Å². The molecule has 0 radical (unpaired) electrons. The van der Waals surface area contributed by atoms with Crippen molar-refractivity contribution in [3.63, 3.8) is 0 Å². The van der Waals surface area contributed by atoms with Crippen molar-refractivity contribution in [1.82, 2.24) is 14.8 Å². The van der Waals surface area contributed by atoms with E-state index in [2.05, 4.69) is 98.6 Å². The van der Waals surface area contributed by atoms with Crippen molar-refractivity contribution in [3.8, 4) is 5.75 Å². The van der Waals surface area contributed by atoms with Gasteiger partial charge in [-0.3, -0.25) is 24.2 Å². The molecule has 2 N–H and O–H groups in total. The fourth-order valence-electron chi connectivity index (χ4n) is 13.3. The number of ether oxygens (including phenoxy) is 4. The maximum absolute atomic E-state index is 15.3. The molecule has 1 saturated heterocycles. The number of fused-ring (bicyclic) bond motifs is 6. The molecule has 6 heterocycles. The van der Waals surface area contributed by atoms with Crippen LogP contribution >= 0.6 is 22.6 Å². The molecule has 1 spiro atoms. The number of H-pyrrole nitrogens is 1. The first-order valence-electron chi connectivity index (χ1n) is 20.9. The van der Waals surface area contributed by atoms with Crippen LogP contribution in [-0.4, -0.2) is 117 Å². The van der Waals surface area contributed by atoms with Gasteiger partial charge in [-0.2, -0.15) is 0 Å². The normalized spacial score (nSPS) is 34.2. The number of nitrogens with one attached hydrogen (secondary N) is 1. The van der Waals surface area contributed by atoms with Crippen molar-refractivity contribution in [2.24, 2.45) is 16.7 Å². The summed E-state index contributed by atoms with van der Waals surface area (Å²) < 4.78 is 25.5. The summed E-state index contributed by atoms with van der Waals surface area (Å²) in [7, 11) is 6.39. The Morgan fingerprint density at radius 3 is 2.47 bits per heavy atom. The molecule has 3 aromatic rings. The molecule has 1 aromatic heterocycles. The van der Waals surface area contributed by atoms with E-state index in [1.54, 1.807) is 7.11 Å². The Balaban J connectivity index is 1.38. The number of carbonyl (C=O) groups is 3. The van der Waals surface area contributed by atoms with Gasteiger partial charge in [0.1, 0.15) is 22.7 Å². The minimum Gasteiger partial charge on any atom is -0.496 e. The Labute approximate surface area is 359 Å². The van der Waals surface area contributed by atoms with Gasteiger partial charge in [0.05, 0.1) is 34.0 Å². The number of aliphatic hydroxyl groups is 1. The summed E-state index contributed by atoms with van der Waals surface area (Å²) >= 11 is 2.36. The summed E-state index contributed by atoms with van der Waals surface area (Å²) in [6.45, 7) is 8.74. The molecule has 2 aromatic carbocycles. The lowest BCUT2D eigenvalue weighted by Crippen LogP contribution is -2.79. The summed E-state index contributed by atoms with van der Waals surface area (Å²) in [5.41, 5.74) is 2.00. The predicted octanol–water partition coefficient (Wildman–Crippen LogP) is 5.61. The molecule has 9 rings (SSSR count). The van der Waals surface area contributed by atoms with Crippen molar-refractivity contribution in [2.45, 2.75) is 82.0 Å². The quantitative estimate of drug-likeness (QED) is 0.127. The molecule has 6 aliphatic rings. The number of anilines is 1. The predicted molar refractivity (Wildman–Crippen MR) is 231 cm³/mol. The number of likely N-dealkylation sites (N-methyl/N-ethyl adjacent to an activating group) is 1. The van der Waals surface area contributed by atoms with Gasteiger partial charge in [-0.05, 0) is 96.1 Å². The monoisotopic (exact) mass is 918 g/mol. The van der Waals surface area contributed by atoms with Gasteiger partial charge in [0.2, 0.25) is 0 Å². The van der Waals surface area contributed by atoms with Crippen LogP contribution in [0.25, 0.3) is 10.9 Å². The minimum absolute atomic E-state index is 0.0303. The zero-order valence-corrected chi connectivity index (χ0v) is 37.2. The Bertz CT molecular complexity index is 2320. The SMILES string of the molecule is CCC1=C[C@H]2CN(C1)Cc1c([nH]c3ccc(I)cc13)[C@@](C(=O)OC)(c1cc3c(cc1OC)N(C)[C@H]1[C@@](CO)(C(=O)OC)[C@H](OC(C)=O)[C@]4(CC)C=CCN5CC[C@]31[C@@H]54)C2. The van der Waals surface area contributed by atoms with Gasteiger partial charge < -0.3 is 33.9 Å². The molecule has 1 aliphatic carbocycles. The van der Waals surface area contributed by atoms with E-state index in [4.69, 9.17) is 18.9 Å². The number of rotatable bonds is 8. The smallest absolute Gasteiger partial charge is 0.322 e. The molecular weight excluding hydrogens is 863 g/mol. The standard InChI is InChI=1S/C46H55IN4O8/c1-8-27-17-28-21-45(41(54)57-6,37-31(24-50(22-27)23-28)30-18-29(47)11-12-34(30)48-37)33-19-32-35(20-36(33)56-5)49(4)39-44(32)14-16-51-15-10-13-43(9-2,38(44)51)40(59-26(3)53)46(39,25-52)42(55)58-7/h10-13,17-20,28,38-40,48,52H,8-9,14-16,21-25H2,1-7H3/t28-,38+,39-,40-,43-,44-,45+,46-/m1/s1. The van der Waals surface area contributed by atoms with E-state index >= 15 is 4.79 Å². The van der Waals surface area contributed by atoms with Crippen LogP contribution < -0.4 is 9.64 Å². The number of aromatic nitrogens is 1. The van der Waals surface area contributed by atoms with Gasteiger partial charge in [0, 0.05) is 94.5 Å². The molecule has 314 valence electrons. The van der Waals surface area contributed by atoms with Crippen molar-refractivity contribution >= 4 is 57.1 Å². The number of esters is 3. The first-order valence-corrected chi connectivity index (χ1v) is 22.0. The van der Waals surface area contributed by atoms with Gasteiger partial charge in [-0.15, -0.1) is 0 Å². The van der Waals surface area contributed by atoms with Gasteiger partial charge in [-0.25, -0.2) is 0 Å². The summed E-state index contributed by atoms with van der Waals surface area (Å²) in [4.78, 5) is 54.0. The summed E-state index contributed by atoms with van der Waals surface area (Å²) in [5.74, 6) is -0.985. The van der Waals surface area contributed by atoms with Gasteiger partial charge in [-0.1, -0.05) is 37.6 Å². The summed E-state index contributed by atoms with van der Waals surface area (Å²) in [6, 6.07) is 9.65. The first kappa shape index (κ1) is 40.5. The number of hydrogen-bond donors (Lipinski definition) is 2. The third-order valence-electron chi connectivity index (χ3n) is 15.3. The molecule has 1 unspecified atom stereocenters. The van der Waals surface area contributed by atoms with Gasteiger partial charge in [0.25, 0.3) is 0 Å². The average molecular weight is 919 g/mol. The minimum atomic E-state index is -1.68. The number of aromatic amines is 1. The van der Waals surface area contributed by atoms with E-state index in [1.807, 2.05) is 13.1 Å². The van der Waals surface area contributed by atoms with E-state index in [0.29, 0.717) is 50.2 Å². The largest absolute Gasteiger partial charge is 0.496 e. The second kappa shape index (κ2) is 14.3. The number of methoxy groups -OCH3 is 3. The molecule has 2 bridgehead atoms. The second-order valence-corrected chi connectivity index (χ2v) is 18.9. The van der Waals surface area contributed by atoms with Crippen LogP contribution in [0.3, 0.4) is 0 Å². The number of aliphatic hydroxyl groups excluding tert-OH is 1. The summed E-state index contributed by atoms with van der Waals surface area (Å²) in [6.07, 6.45) is 8.12. The van der Waals surface area contributed by atoms with Crippen molar-refractivity contribution in [3.05, 3.63) is 80.1 Å². The van der Waals surface area contributed by atoms with E-state index in [-0.39, 0.29) is 17.9 Å². The number of halogens is 1. The fourth-order valence-corrected chi connectivity index (χ4v) is 13.8. The molecule has 2 fully saturated rings. The first-order chi connectivity index (χ1) is 28.3. The van der Waals surface area contributed by atoms with E-state index in [0.717, 1.165) is 56.5 Å². The van der Waals surface area contributed by atoms with Gasteiger partial charge >= 0.3 is 17.9 Å². The molecule has 59 heavy (non-hydrogen) atoms. The van der Waals surface area contributed by atoms with Gasteiger partial charge in [0.15, 0.2) is 0 Å².